The van der Waals surface area contributed by atoms with Crippen LogP contribution in [0.4, 0.5) is 0 Å². The summed E-state index contributed by atoms with van der Waals surface area (Å²) in [7, 11) is 0. The largest absolute Gasteiger partial charge is 0.285 e. The van der Waals surface area contributed by atoms with Gasteiger partial charge in [-0.3, -0.25) is 4.79 Å². The third-order valence-corrected chi connectivity index (χ3v) is 1.80. The molecule has 1 radical (unpaired) electrons. The van der Waals surface area contributed by atoms with E-state index in [0.717, 1.165) is 11.1 Å². The first kappa shape index (κ1) is 8.48. The molecule has 0 amide bonds. The molecule has 0 saturated carbocycles. The molecule has 0 fully saturated rings. The van der Waals surface area contributed by atoms with Gasteiger partial charge in [0.2, 0.25) is 6.29 Å². The Morgan fingerprint density at radius 2 is 1.67 bits per heavy atom. The zero-order chi connectivity index (χ0) is 9.14. The van der Waals surface area contributed by atoms with E-state index >= 15 is 0 Å². The summed E-state index contributed by atoms with van der Waals surface area (Å²) in [4.78, 5) is 10.4. The first-order valence-electron chi connectivity index (χ1n) is 3.58. The second-order valence-corrected chi connectivity index (χ2v) is 2.70. The normalized spacial score (nSPS) is 9.08. The van der Waals surface area contributed by atoms with Crippen molar-refractivity contribution in [3.8, 4) is 6.07 Å². The molecule has 0 unspecified atom stereocenters. The van der Waals surface area contributed by atoms with Gasteiger partial charge in [0.25, 0.3) is 0 Å². The number of nitrogens with zero attached hydrogens (tertiary/aromatic N) is 1. The molecule has 0 aliphatic heterocycles. The zero-order valence-corrected chi connectivity index (χ0v) is 7.01. The van der Waals surface area contributed by atoms with Gasteiger partial charge in [-0.25, -0.2) is 0 Å². The van der Waals surface area contributed by atoms with Crippen molar-refractivity contribution in [3.05, 3.63) is 34.4 Å². The molecule has 12 heavy (non-hydrogen) atoms. The van der Waals surface area contributed by atoms with Crippen molar-refractivity contribution in [1.82, 2.24) is 0 Å². The minimum atomic E-state index is 0.534. The van der Waals surface area contributed by atoms with E-state index < -0.39 is 0 Å². The van der Waals surface area contributed by atoms with E-state index in [-0.39, 0.29) is 0 Å². The fraction of sp³-hybridized carbons (Fsp3) is 0.200. The van der Waals surface area contributed by atoms with E-state index in [1.54, 1.807) is 26.0 Å². The van der Waals surface area contributed by atoms with Crippen LogP contribution in [-0.4, -0.2) is 6.29 Å². The Morgan fingerprint density at radius 3 is 2.17 bits per heavy atom. The summed E-state index contributed by atoms with van der Waals surface area (Å²) < 4.78 is 0. The maximum atomic E-state index is 10.4. The molecule has 0 aliphatic rings. The number of hydrogen-bond acceptors (Lipinski definition) is 2. The molecule has 1 aromatic rings. The van der Waals surface area contributed by atoms with Crippen molar-refractivity contribution in [3.63, 3.8) is 0 Å². The summed E-state index contributed by atoms with van der Waals surface area (Å²) in [5, 5.41) is 8.66. The van der Waals surface area contributed by atoms with Crippen LogP contribution < -0.4 is 0 Å². The van der Waals surface area contributed by atoms with Gasteiger partial charge in [-0.2, -0.15) is 5.26 Å². The van der Waals surface area contributed by atoms with Crippen LogP contribution in [0.1, 0.15) is 22.3 Å². The molecular formula is C10H8NO. The van der Waals surface area contributed by atoms with Crippen molar-refractivity contribution in [2.75, 3.05) is 0 Å². The van der Waals surface area contributed by atoms with Crippen LogP contribution in [-0.2, 0) is 4.79 Å². The number of hydrogen-bond donors (Lipinski definition) is 0. The van der Waals surface area contributed by atoms with Crippen LogP contribution in [0.25, 0.3) is 0 Å². The summed E-state index contributed by atoms with van der Waals surface area (Å²) >= 11 is 0. The Balaban J connectivity index is 3.38. The van der Waals surface area contributed by atoms with E-state index in [9.17, 15) is 4.79 Å². The molecule has 0 spiro atoms. The predicted octanol–water partition coefficient (Wildman–Crippen LogP) is 1.63. The fourth-order valence-corrected chi connectivity index (χ4v) is 1.05. The summed E-state index contributed by atoms with van der Waals surface area (Å²) in [6.07, 6.45) is 1.83. The van der Waals surface area contributed by atoms with Gasteiger partial charge in [-0.15, -0.1) is 0 Å². The molecule has 59 valence electrons. The lowest BCUT2D eigenvalue weighted by Crippen LogP contribution is -1.91. The second-order valence-electron chi connectivity index (χ2n) is 2.70. The number of nitriles is 1. The molecule has 0 heterocycles. The van der Waals surface area contributed by atoms with Crippen molar-refractivity contribution >= 4 is 6.29 Å². The van der Waals surface area contributed by atoms with E-state index in [4.69, 9.17) is 5.26 Å². The minimum Gasteiger partial charge on any atom is -0.285 e. The van der Waals surface area contributed by atoms with Gasteiger partial charge in [0.1, 0.15) is 0 Å². The summed E-state index contributed by atoms with van der Waals surface area (Å²) in [6.45, 7) is 3.60. The van der Waals surface area contributed by atoms with Crippen LogP contribution in [0, 0.1) is 25.2 Å². The van der Waals surface area contributed by atoms with E-state index in [1.807, 2.05) is 6.29 Å². The summed E-state index contributed by atoms with van der Waals surface area (Å²) in [5.74, 6) is 0. The van der Waals surface area contributed by atoms with Crippen molar-refractivity contribution in [2.45, 2.75) is 13.8 Å². The lowest BCUT2D eigenvalue weighted by Gasteiger charge is -2.00. The van der Waals surface area contributed by atoms with Gasteiger partial charge < -0.3 is 0 Å². The fourth-order valence-electron chi connectivity index (χ4n) is 1.05. The number of benzene rings is 1. The Morgan fingerprint density at radius 1 is 1.17 bits per heavy atom. The Labute approximate surface area is 71.4 Å². The second kappa shape index (κ2) is 3.19. The monoisotopic (exact) mass is 158 g/mol. The summed E-state index contributed by atoms with van der Waals surface area (Å²) in [5.41, 5.74) is 2.77. The minimum absolute atomic E-state index is 0.534. The highest BCUT2D eigenvalue weighted by atomic mass is 16.1. The van der Waals surface area contributed by atoms with Crippen molar-refractivity contribution in [2.24, 2.45) is 0 Å². The van der Waals surface area contributed by atoms with Gasteiger partial charge in [-0.1, -0.05) is 0 Å². The maximum Gasteiger partial charge on any atom is 0.233 e. The Hall–Kier alpha value is -1.62. The number of aryl methyl sites for hydroxylation is 2. The number of rotatable bonds is 1. The number of carbonyl (C=O) groups excluding carboxylic acids is 1. The first-order chi connectivity index (χ1) is 5.69. The molecule has 0 aromatic heterocycles. The molecule has 0 bridgehead atoms. The molecular weight excluding hydrogens is 150 g/mol. The lowest BCUT2D eigenvalue weighted by atomic mass is 10.0. The van der Waals surface area contributed by atoms with Gasteiger partial charge in [0.15, 0.2) is 0 Å². The quantitative estimate of drug-likeness (QED) is 0.623. The molecule has 1 aromatic carbocycles. The third kappa shape index (κ3) is 1.35. The van der Waals surface area contributed by atoms with Crippen molar-refractivity contribution < 1.29 is 4.79 Å². The molecule has 2 nitrogen and oxygen atoms in total. The van der Waals surface area contributed by atoms with Crippen LogP contribution in [0.5, 0.6) is 0 Å². The van der Waals surface area contributed by atoms with E-state index in [0.29, 0.717) is 11.1 Å². The van der Waals surface area contributed by atoms with Crippen molar-refractivity contribution in [1.29, 1.82) is 5.26 Å². The molecule has 0 atom stereocenters. The molecule has 1 rings (SSSR count). The standard InChI is InChI=1S/C10H8NO/c1-7-4-10(6-12)8(2)3-9(7)5-11/h3-4H,1-2H3. The van der Waals surface area contributed by atoms with E-state index in [1.165, 1.54) is 0 Å². The van der Waals surface area contributed by atoms with Crippen LogP contribution in [0.3, 0.4) is 0 Å². The molecule has 2 heteroatoms. The van der Waals surface area contributed by atoms with E-state index in [2.05, 4.69) is 6.07 Å². The zero-order valence-electron chi connectivity index (χ0n) is 7.01. The van der Waals surface area contributed by atoms with Gasteiger partial charge in [-0.05, 0) is 37.1 Å². The summed E-state index contributed by atoms with van der Waals surface area (Å²) in [6, 6.07) is 5.44. The van der Waals surface area contributed by atoms with Gasteiger partial charge in [0.05, 0.1) is 11.6 Å². The van der Waals surface area contributed by atoms with Crippen LogP contribution in [0.15, 0.2) is 12.1 Å². The molecule has 0 saturated heterocycles. The van der Waals surface area contributed by atoms with Gasteiger partial charge in [0, 0.05) is 5.56 Å². The highest BCUT2D eigenvalue weighted by Crippen LogP contribution is 2.13. The van der Waals surface area contributed by atoms with Crippen LogP contribution >= 0.6 is 0 Å². The smallest absolute Gasteiger partial charge is 0.233 e. The predicted molar refractivity (Wildman–Crippen MR) is 45.4 cm³/mol. The highest BCUT2D eigenvalue weighted by molar-refractivity contribution is 5.78. The molecule has 0 N–H and O–H groups in total. The SMILES string of the molecule is Cc1cc(C#N)c(C)cc1[C]=O. The topological polar surface area (TPSA) is 40.9 Å². The Kier molecular flexibility index (Phi) is 2.25. The average Bonchev–Trinajstić information content (AvgIpc) is 2.08. The lowest BCUT2D eigenvalue weighted by molar-refractivity contribution is 0.562. The third-order valence-electron chi connectivity index (χ3n) is 1.80. The van der Waals surface area contributed by atoms with Crippen LogP contribution in [0.2, 0.25) is 0 Å². The first-order valence-corrected chi connectivity index (χ1v) is 3.58. The van der Waals surface area contributed by atoms with Gasteiger partial charge >= 0.3 is 0 Å². The molecule has 0 aliphatic carbocycles. The Bertz CT molecular complexity index is 361. The highest BCUT2D eigenvalue weighted by Gasteiger charge is 2.02. The average molecular weight is 158 g/mol. The maximum absolute atomic E-state index is 10.4.